The standard InChI is InChI=1S/C15H13FO5.C12H12F3NO2/c1-15(14(20)21)6-8(5-9(7-15)13(18)19)12-10(16)3-2-4-11(12)17;13-12(14,15)18-10-5-3-9(4-6-10)8-16-7-1-2-11(16)17/h2-6,17H,7H2,1H3,(H,18,19)(H,20,21);3-6H,1-2,7-8H2. The molecule has 208 valence electrons. The third-order valence-electron chi connectivity index (χ3n) is 6.11. The van der Waals surface area contributed by atoms with Crippen molar-refractivity contribution in [3.63, 3.8) is 0 Å². The van der Waals surface area contributed by atoms with E-state index >= 15 is 0 Å². The number of likely N-dealkylation sites (tertiary alicyclic amines) is 1. The third kappa shape index (κ3) is 7.59. The Morgan fingerprint density at radius 1 is 1.10 bits per heavy atom. The summed E-state index contributed by atoms with van der Waals surface area (Å²) in [5.41, 5.74) is -1.01. The van der Waals surface area contributed by atoms with E-state index in [0.717, 1.165) is 18.1 Å². The second kappa shape index (κ2) is 11.6. The molecule has 0 spiro atoms. The van der Waals surface area contributed by atoms with Crippen molar-refractivity contribution in [2.24, 2.45) is 5.41 Å². The maximum Gasteiger partial charge on any atom is 0.573 e. The molecule has 0 saturated carbocycles. The summed E-state index contributed by atoms with van der Waals surface area (Å²) in [5.74, 6) is -3.79. The molecule has 1 atom stereocenters. The first-order valence-electron chi connectivity index (χ1n) is 11.7. The minimum absolute atomic E-state index is 0.0409. The number of allylic oxidation sites excluding steroid dienone is 2. The second-order valence-electron chi connectivity index (χ2n) is 9.22. The van der Waals surface area contributed by atoms with Crippen molar-refractivity contribution in [2.75, 3.05) is 6.54 Å². The van der Waals surface area contributed by atoms with E-state index in [1.807, 2.05) is 0 Å². The largest absolute Gasteiger partial charge is 0.573 e. The normalized spacial score (nSPS) is 19.0. The molecular weight excluding hydrogens is 526 g/mol. The molecule has 39 heavy (non-hydrogen) atoms. The lowest BCUT2D eigenvalue weighted by Gasteiger charge is -2.26. The molecule has 1 heterocycles. The van der Waals surface area contributed by atoms with E-state index in [1.165, 1.54) is 55.5 Å². The van der Waals surface area contributed by atoms with Crippen molar-refractivity contribution in [1.29, 1.82) is 0 Å². The average Bonchev–Trinajstić information content (AvgIpc) is 3.23. The third-order valence-corrected chi connectivity index (χ3v) is 6.11. The summed E-state index contributed by atoms with van der Waals surface area (Å²) >= 11 is 0. The molecule has 2 aliphatic rings. The Morgan fingerprint density at radius 3 is 2.28 bits per heavy atom. The first kappa shape index (κ1) is 29.2. The van der Waals surface area contributed by atoms with E-state index in [0.29, 0.717) is 19.5 Å². The minimum atomic E-state index is -4.67. The van der Waals surface area contributed by atoms with Gasteiger partial charge in [-0.15, -0.1) is 13.2 Å². The van der Waals surface area contributed by atoms with E-state index in [1.54, 1.807) is 4.90 Å². The van der Waals surface area contributed by atoms with Crippen molar-refractivity contribution >= 4 is 23.4 Å². The number of aliphatic carboxylic acids is 2. The minimum Gasteiger partial charge on any atom is -0.507 e. The van der Waals surface area contributed by atoms with Gasteiger partial charge in [0.05, 0.1) is 11.0 Å². The van der Waals surface area contributed by atoms with Crippen LogP contribution in [0.5, 0.6) is 11.5 Å². The molecule has 2 aromatic carbocycles. The molecule has 1 unspecified atom stereocenters. The SMILES string of the molecule is CC1(C(=O)O)C=C(c2c(O)cccc2F)C=C(C(=O)O)C1.O=C1CCCN1Cc1ccc(OC(F)(F)F)cc1. The van der Waals surface area contributed by atoms with Crippen LogP contribution in [0.15, 0.2) is 60.2 Å². The van der Waals surface area contributed by atoms with Gasteiger partial charge in [-0.2, -0.15) is 0 Å². The zero-order valence-corrected chi connectivity index (χ0v) is 20.7. The number of carboxylic acid groups (broad SMARTS) is 2. The maximum absolute atomic E-state index is 13.9. The fraction of sp³-hybridized carbons (Fsp3) is 0.296. The number of amides is 1. The van der Waals surface area contributed by atoms with Crippen LogP contribution in [0.1, 0.15) is 37.3 Å². The molecule has 1 aliphatic heterocycles. The number of carbonyl (C=O) groups is 3. The number of nitrogens with zero attached hydrogens (tertiary/aromatic N) is 1. The molecule has 0 radical (unpaired) electrons. The van der Waals surface area contributed by atoms with E-state index < -0.39 is 29.5 Å². The predicted molar refractivity (Wildman–Crippen MR) is 130 cm³/mol. The summed E-state index contributed by atoms with van der Waals surface area (Å²) in [7, 11) is 0. The number of hydrogen-bond acceptors (Lipinski definition) is 5. The number of halogens is 4. The zero-order valence-electron chi connectivity index (χ0n) is 20.7. The molecule has 1 saturated heterocycles. The molecule has 0 bridgehead atoms. The van der Waals surface area contributed by atoms with Crippen LogP contribution in [-0.2, 0) is 20.9 Å². The first-order chi connectivity index (χ1) is 18.2. The van der Waals surface area contributed by atoms with Crippen LogP contribution in [-0.4, -0.2) is 51.0 Å². The lowest BCUT2D eigenvalue weighted by molar-refractivity contribution is -0.274. The quantitative estimate of drug-likeness (QED) is 0.426. The first-order valence-corrected chi connectivity index (χ1v) is 11.7. The van der Waals surface area contributed by atoms with Gasteiger partial charge in [-0.05, 0) is 61.2 Å². The topological polar surface area (TPSA) is 124 Å². The monoisotopic (exact) mass is 551 g/mol. The molecule has 1 amide bonds. The molecule has 12 heteroatoms. The van der Waals surface area contributed by atoms with Gasteiger partial charge in [0.15, 0.2) is 0 Å². The van der Waals surface area contributed by atoms with Crippen molar-refractivity contribution in [2.45, 2.75) is 39.1 Å². The highest BCUT2D eigenvalue weighted by molar-refractivity contribution is 5.96. The maximum atomic E-state index is 13.9. The zero-order chi connectivity index (χ0) is 29.0. The fourth-order valence-electron chi connectivity index (χ4n) is 4.18. The Morgan fingerprint density at radius 2 is 1.77 bits per heavy atom. The fourth-order valence-corrected chi connectivity index (χ4v) is 4.18. The van der Waals surface area contributed by atoms with Crippen LogP contribution >= 0.6 is 0 Å². The summed E-state index contributed by atoms with van der Waals surface area (Å²) in [4.78, 5) is 35.6. The summed E-state index contributed by atoms with van der Waals surface area (Å²) in [6.07, 6.45) is -1.04. The van der Waals surface area contributed by atoms with Gasteiger partial charge in [-0.25, -0.2) is 9.18 Å². The molecule has 1 fully saturated rings. The molecule has 0 aromatic heterocycles. The number of aromatic hydroxyl groups is 1. The highest BCUT2D eigenvalue weighted by Crippen LogP contribution is 2.40. The van der Waals surface area contributed by atoms with Crippen LogP contribution < -0.4 is 4.74 Å². The van der Waals surface area contributed by atoms with Crippen LogP contribution in [0.25, 0.3) is 5.57 Å². The Balaban J connectivity index is 0.000000218. The lowest BCUT2D eigenvalue weighted by atomic mass is 9.76. The molecule has 2 aromatic rings. The van der Waals surface area contributed by atoms with Gasteiger partial charge in [-0.1, -0.05) is 24.3 Å². The van der Waals surface area contributed by atoms with Crippen LogP contribution in [0.4, 0.5) is 17.6 Å². The number of alkyl halides is 3. The van der Waals surface area contributed by atoms with Gasteiger partial charge in [0.25, 0.3) is 0 Å². The number of carbonyl (C=O) groups excluding carboxylic acids is 1. The van der Waals surface area contributed by atoms with Crippen molar-refractivity contribution < 1.29 is 52.0 Å². The van der Waals surface area contributed by atoms with Gasteiger partial charge >= 0.3 is 18.3 Å². The number of hydrogen-bond donors (Lipinski definition) is 3. The van der Waals surface area contributed by atoms with Crippen LogP contribution in [0.2, 0.25) is 0 Å². The van der Waals surface area contributed by atoms with Gasteiger partial charge < -0.3 is 25.0 Å². The Labute approximate surface area is 220 Å². The van der Waals surface area contributed by atoms with Gasteiger partial charge in [0.2, 0.25) is 5.91 Å². The van der Waals surface area contributed by atoms with Crippen LogP contribution in [0.3, 0.4) is 0 Å². The summed E-state index contributed by atoms with van der Waals surface area (Å²) in [6, 6.07) is 9.24. The Hall–Kier alpha value is -4.35. The van der Waals surface area contributed by atoms with E-state index in [-0.39, 0.29) is 40.5 Å². The molecule has 8 nitrogen and oxygen atoms in total. The summed E-state index contributed by atoms with van der Waals surface area (Å²) < 4.78 is 53.5. The van der Waals surface area contributed by atoms with Gasteiger partial charge in [0.1, 0.15) is 17.3 Å². The lowest BCUT2D eigenvalue weighted by Crippen LogP contribution is -2.29. The number of carboxylic acids is 2. The Bertz CT molecular complexity index is 1300. The van der Waals surface area contributed by atoms with Crippen molar-refractivity contribution in [3.05, 3.63) is 77.1 Å². The highest BCUT2D eigenvalue weighted by atomic mass is 19.4. The van der Waals surface area contributed by atoms with E-state index in [4.69, 9.17) is 5.11 Å². The van der Waals surface area contributed by atoms with E-state index in [9.17, 15) is 42.2 Å². The Kier molecular flexibility index (Phi) is 8.68. The van der Waals surface area contributed by atoms with Crippen molar-refractivity contribution in [3.8, 4) is 11.5 Å². The molecule has 4 rings (SSSR count). The van der Waals surface area contributed by atoms with Gasteiger partial charge in [0, 0.05) is 25.1 Å². The molecule has 1 aliphatic carbocycles. The average molecular weight is 551 g/mol. The summed E-state index contributed by atoms with van der Waals surface area (Å²) in [6.45, 7) is 2.49. The van der Waals surface area contributed by atoms with Crippen molar-refractivity contribution in [1.82, 2.24) is 4.90 Å². The number of ether oxygens (including phenoxy) is 1. The summed E-state index contributed by atoms with van der Waals surface area (Å²) in [5, 5.41) is 28.2. The second-order valence-corrected chi connectivity index (χ2v) is 9.22. The van der Waals surface area contributed by atoms with Crippen LogP contribution in [0, 0.1) is 11.2 Å². The predicted octanol–water partition coefficient (Wildman–Crippen LogP) is 5.13. The number of phenols is 1. The smallest absolute Gasteiger partial charge is 0.507 e. The van der Waals surface area contributed by atoms with Gasteiger partial charge in [-0.3, -0.25) is 9.59 Å². The molecule has 3 N–H and O–H groups in total. The molecular formula is C27H25F4NO7. The number of phenolic OH excluding ortho intramolecular Hbond substituents is 1. The van der Waals surface area contributed by atoms with E-state index in [2.05, 4.69) is 4.74 Å². The number of rotatable bonds is 6. The number of benzene rings is 2. The highest BCUT2D eigenvalue weighted by Gasteiger charge is 2.37.